The highest BCUT2D eigenvalue weighted by Crippen LogP contribution is 2.15. The van der Waals surface area contributed by atoms with Gasteiger partial charge in [-0.2, -0.15) is 5.10 Å². The van der Waals surface area contributed by atoms with Crippen molar-refractivity contribution in [3.8, 4) is 0 Å². The minimum Gasteiger partial charge on any atom is -0.288 e. The summed E-state index contributed by atoms with van der Waals surface area (Å²) in [5, 5.41) is 4.06. The van der Waals surface area contributed by atoms with Gasteiger partial charge in [0, 0.05) is 18.0 Å². The van der Waals surface area contributed by atoms with Crippen LogP contribution in [0.2, 0.25) is 0 Å². The standard InChI is InChI=1S/C13H8FN3O/c14-10-3-1-9(2-4-10)13(18)11-7-16-17-6-5-15-8-12(11)17/h1-8H. The number of carbonyl (C=O) groups excluding carboxylic acids is 1. The highest BCUT2D eigenvalue weighted by molar-refractivity contribution is 6.12. The summed E-state index contributed by atoms with van der Waals surface area (Å²) >= 11 is 0. The van der Waals surface area contributed by atoms with Crippen LogP contribution in [-0.4, -0.2) is 20.4 Å². The van der Waals surface area contributed by atoms with Crippen LogP contribution < -0.4 is 0 Å². The van der Waals surface area contributed by atoms with Crippen molar-refractivity contribution in [2.24, 2.45) is 0 Å². The molecule has 0 aliphatic carbocycles. The Morgan fingerprint density at radius 2 is 1.94 bits per heavy atom. The van der Waals surface area contributed by atoms with Crippen LogP contribution in [0.15, 0.2) is 49.1 Å². The van der Waals surface area contributed by atoms with Crippen molar-refractivity contribution in [2.45, 2.75) is 0 Å². The normalized spacial score (nSPS) is 10.7. The predicted octanol–water partition coefficient (Wildman–Crippen LogP) is 2.10. The van der Waals surface area contributed by atoms with Gasteiger partial charge in [0.2, 0.25) is 0 Å². The molecule has 0 aliphatic heterocycles. The summed E-state index contributed by atoms with van der Waals surface area (Å²) in [5.74, 6) is -0.564. The van der Waals surface area contributed by atoms with E-state index in [9.17, 15) is 9.18 Å². The van der Waals surface area contributed by atoms with Gasteiger partial charge in [-0.15, -0.1) is 0 Å². The van der Waals surface area contributed by atoms with E-state index in [0.29, 0.717) is 16.6 Å². The number of aromatic nitrogens is 3. The molecule has 0 amide bonds. The molecule has 0 unspecified atom stereocenters. The Labute approximate surface area is 102 Å². The van der Waals surface area contributed by atoms with Crippen molar-refractivity contribution in [1.29, 1.82) is 0 Å². The maximum Gasteiger partial charge on any atom is 0.196 e. The average Bonchev–Trinajstić information content (AvgIpc) is 2.82. The van der Waals surface area contributed by atoms with E-state index >= 15 is 0 Å². The number of rotatable bonds is 2. The number of ketones is 1. The molecular formula is C13H8FN3O. The molecule has 0 radical (unpaired) electrons. The maximum atomic E-state index is 12.8. The topological polar surface area (TPSA) is 47.3 Å². The van der Waals surface area contributed by atoms with Crippen LogP contribution in [0.5, 0.6) is 0 Å². The lowest BCUT2D eigenvalue weighted by atomic mass is 10.1. The van der Waals surface area contributed by atoms with Crippen LogP contribution in [0.3, 0.4) is 0 Å². The second-order valence-corrected chi connectivity index (χ2v) is 3.80. The van der Waals surface area contributed by atoms with Gasteiger partial charge in [0.1, 0.15) is 5.82 Å². The molecule has 0 aliphatic rings. The first-order valence-electron chi connectivity index (χ1n) is 5.33. The number of fused-ring (bicyclic) bond motifs is 1. The van der Waals surface area contributed by atoms with Crippen LogP contribution in [0.25, 0.3) is 5.52 Å². The van der Waals surface area contributed by atoms with Gasteiger partial charge in [0.25, 0.3) is 0 Å². The fourth-order valence-corrected chi connectivity index (χ4v) is 1.77. The molecule has 0 spiro atoms. The highest BCUT2D eigenvalue weighted by Gasteiger charge is 2.14. The molecule has 18 heavy (non-hydrogen) atoms. The van der Waals surface area contributed by atoms with Gasteiger partial charge in [0.15, 0.2) is 5.78 Å². The Kier molecular flexibility index (Phi) is 2.37. The molecule has 3 aromatic rings. The van der Waals surface area contributed by atoms with E-state index in [1.165, 1.54) is 30.5 Å². The van der Waals surface area contributed by atoms with Gasteiger partial charge in [-0.3, -0.25) is 9.78 Å². The second kappa shape index (κ2) is 4.03. The van der Waals surface area contributed by atoms with Crippen LogP contribution in [0, 0.1) is 5.82 Å². The first-order chi connectivity index (χ1) is 8.75. The first-order valence-corrected chi connectivity index (χ1v) is 5.33. The quantitative estimate of drug-likeness (QED) is 0.645. The maximum absolute atomic E-state index is 12.8. The zero-order valence-electron chi connectivity index (χ0n) is 9.25. The number of benzene rings is 1. The fraction of sp³-hybridized carbons (Fsp3) is 0. The molecule has 0 atom stereocenters. The van der Waals surface area contributed by atoms with Gasteiger partial charge in [-0.25, -0.2) is 8.91 Å². The van der Waals surface area contributed by atoms with Crippen LogP contribution in [-0.2, 0) is 0 Å². The lowest BCUT2D eigenvalue weighted by Crippen LogP contribution is -2.01. The summed E-state index contributed by atoms with van der Waals surface area (Å²) in [7, 11) is 0. The van der Waals surface area contributed by atoms with Crippen molar-refractivity contribution in [3.05, 3.63) is 66.0 Å². The van der Waals surface area contributed by atoms with E-state index in [1.54, 1.807) is 23.1 Å². The Hall–Kier alpha value is -2.56. The minimum atomic E-state index is -0.368. The third-order valence-electron chi connectivity index (χ3n) is 2.68. The zero-order valence-corrected chi connectivity index (χ0v) is 9.25. The largest absolute Gasteiger partial charge is 0.288 e. The summed E-state index contributed by atoms with van der Waals surface area (Å²) in [6.45, 7) is 0. The number of carbonyl (C=O) groups is 1. The van der Waals surface area contributed by atoms with Gasteiger partial charge in [-0.05, 0) is 24.3 Å². The number of nitrogens with zero attached hydrogens (tertiary/aromatic N) is 3. The predicted molar refractivity (Wildman–Crippen MR) is 62.8 cm³/mol. The fourth-order valence-electron chi connectivity index (χ4n) is 1.77. The monoisotopic (exact) mass is 241 g/mol. The highest BCUT2D eigenvalue weighted by atomic mass is 19.1. The van der Waals surface area contributed by atoms with E-state index in [1.807, 2.05) is 0 Å². The van der Waals surface area contributed by atoms with Crippen LogP contribution in [0.1, 0.15) is 15.9 Å². The van der Waals surface area contributed by atoms with Crippen molar-refractivity contribution in [3.63, 3.8) is 0 Å². The number of hydrogen-bond donors (Lipinski definition) is 0. The van der Waals surface area contributed by atoms with E-state index < -0.39 is 0 Å². The van der Waals surface area contributed by atoms with Gasteiger partial charge in [0.05, 0.1) is 23.5 Å². The van der Waals surface area contributed by atoms with Crippen molar-refractivity contribution < 1.29 is 9.18 Å². The molecule has 88 valence electrons. The Balaban J connectivity index is 2.09. The Bertz CT molecular complexity index is 718. The van der Waals surface area contributed by atoms with Crippen molar-refractivity contribution >= 4 is 11.3 Å². The van der Waals surface area contributed by atoms with Crippen molar-refractivity contribution in [1.82, 2.24) is 14.6 Å². The molecule has 2 aromatic heterocycles. The van der Waals surface area contributed by atoms with Crippen LogP contribution in [0.4, 0.5) is 4.39 Å². The minimum absolute atomic E-state index is 0.196. The average molecular weight is 241 g/mol. The van der Waals surface area contributed by atoms with E-state index in [2.05, 4.69) is 10.1 Å². The smallest absolute Gasteiger partial charge is 0.196 e. The molecule has 0 N–H and O–H groups in total. The first kappa shape index (κ1) is 10.6. The summed E-state index contributed by atoms with van der Waals surface area (Å²) in [4.78, 5) is 16.2. The molecule has 0 saturated heterocycles. The molecule has 1 aromatic carbocycles. The number of hydrogen-bond acceptors (Lipinski definition) is 3. The molecule has 0 fully saturated rings. The molecule has 3 rings (SSSR count). The number of halogens is 1. The molecule has 0 bridgehead atoms. The summed E-state index contributed by atoms with van der Waals surface area (Å²) in [6, 6.07) is 5.43. The van der Waals surface area contributed by atoms with E-state index in [0.717, 1.165) is 0 Å². The Morgan fingerprint density at radius 3 is 2.72 bits per heavy atom. The lowest BCUT2D eigenvalue weighted by Gasteiger charge is -1.99. The summed E-state index contributed by atoms with van der Waals surface area (Å²) < 4.78 is 14.4. The molecule has 4 nitrogen and oxygen atoms in total. The third kappa shape index (κ3) is 1.66. The van der Waals surface area contributed by atoms with E-state index in [-0.39, 0.29) is 11.6 Å². The molecule has 0 saturated carbocycles. The second-order valence-electron chi connectivity index (χ2n) is 3.80. The van der Waals surface area contributed by atoms with Gasteiger partial charge < -0.3 is 0 Å². The molecule has 5 heteroatoms. The molecular weight excluding hydrogens is 233 g/mol. The van der Waals surface area contributed by atoms with Gasteiger partial charge in [-0.1, -0.05) is 0 Å². The van der Waals surface area contributed by atoms with Crippen molar-refractivity contribution in [2.75, 3.05) is 0 Å². The van der Waals surface area contributed by atoms with Crippen LogP contribution >= 0.6 is 0 Å². The zero-order chi connectivity index (χ0) is 12.5. The summed E-state index contributed by atoms with van der Waals surface area (Å²) in [6.07, 6.45) is 6.31. The summed E-state index contributed by atoms with van der Waals surface area (Å²) in [5.41, 5.74) is 1.51. The lowest BCUT2D eigenvalue weighted by molar-refractivity contribution is 0.104. The Morgan fingerprint density at radius 1 is 1.17 bits per heavy atom. The molecule has 2 heterocycles. The van der Waals surface area contributed by atoms with Gasteiger partial charge >= 0.3 is 0 Å². The third-order valence-corrected chi connectivity index (χ3v) is 2.68. The SMILES string of the molecule is O=C(c1ccc(F)cc1)c1cnn2ccncc12. The van der Waals surface area contributed by atoms with E-state index in [4.69, 9.17) is 0 Å².